The van der Waals surface area contributed by atoms with E-state index in [4.69, 9.17) is 68.9 Å². The summed E-state index contributed by atoms with van der Waals surface area (Å²) in [6.07, 6.45) is 21.4. The van der Waals surface area contributed by atoms with Gasteiger partial charge in [-0.25, -0.2) is 58.4 Å². The Morgan fingerprint density at radius 3 is 1.28 bits per heavy atom. The smallest absolute Gasteiger partial charge is 0.334 e. The third-order valence-corrected chi connectivity index (χ3v) is 25.1. The average molecular weight is 1440 g/mol. The molecule has 12 fully saturated rings. The molecule has 7 atom stereocenters. The number of carboxylic acids is 1. The molecule has 101 heavy (non-hydrogen) atoms. The number of hydrogen-bond donors (Lipinski definition) is 4. The molecule has 4 N–H and O–H groups in total. The van der Waals surface area contributed by atoms with Crippen molar-refractivity contribution in [1.29, 1.82) is 0 Å². The van der Waals surface area contributed by atoms with Crippen molar-refractivity contribution in [2.75, 3.05) is 87.0 Å². The Hall–Kier alpha value is -7.42. The Labute approximate surface area is 598 Å². The molecular formula is C73H85Cl3F2N18O5. The minimum Gasteiger partial charge on any atom is -0.479 e. The summed E-state index contributed by atoms with van der Waals surface area (Å²) in [5, 5.41) is 35.2. The van der Waals surface area contributed by atoms with Crippen molar-refractivity contribution in [3.05, 3.63) is 86.6 Å². The Morgan fingerprint density at radius 2 is 0.861 bits per heavy atom. The van der Waals surface area contributed by atoms with Gasteiger partial charge in [0.05, 0.1) is 82.2 Å². The molecule has 0 aromatic carbocycles. The van der Waals surface area contributed by atoms with Gasteiger partial charge in [0.15, 0.2) is 63.8 Å². The summed E-state index contributed by atoms with van der Waals surface area (Å²) in [5.74, 6) is 8.73. The van der Waals surface area contributed by atoms with E-state index in [1.54, 1.807) is 29.4 Å². The number of rotatable bonds is 13. The van der Waals surface area contributed by atoms with Crippen molar-refractivity contribution in [3.8, 4) is 34.6 Å². The van der Waals surface area contributed by atoms with Gasteiger partial charge in [0.1, 0.15) is 22.9 Å². The zero-order valence-electron chi connectivity index (χ0n) is 57.1. The number of hydrogen-bond acceptors (Lipinski definition) is 19. The molecule has 12 heterocycles. The number of morpholine rings is 3. The number of H-pyrrole nitrogens is 3. The zero-order chi connectivity index (χ0) is 69.2. The van der Waals surface area contributed by atoms with Crippen LogP contribution in [-0.4, -0.2) is 165 Å². The van der Waals surface area contributed by atoms with Crippen LogP contribution in [0.4, 0.5) is 26.2 Å². The van der Waals surface area contributed by atoms with E-state index in [1.807, 2.05) is 11.0 Å². The number of ether oxygens (including phenoxy) is 3. The fourth-order valence-corrected chi connectivity index (χ4v) is 19.3. The van der Waals surface area contributed by atoms with Gasteiger partial charge >= 0.3 is 5.97 Å². The predicted octanol–water partition coefficient (Wildman–Crippen LogP) is 13.3. The van der Waals surface area contributed by atoms with E-state index in [0.29, 0.717) is 176 Å². The van der Waals surface area contributed by atoms with Gasteiger partial charge in [-0.1, -0.05) is 55.6 Å². The molecule has 0 radical (unpaired) electrons. The van der Waals surface area contributed by atoms with Crippen molar-refractivity contribution in [1.82, 2.24) is 75.4 Å². The van der Waals surface area contributed by atoms with Crippen molar-refractivity contribution in [2.45, 2.75) is 123 Å². The highest BCUT2D eigenvalue weighted by molar-refractivity contribution is 6.32. The molecule has 21 rings (SSSR count). The molecule has 532 valence electrons. The monoisotopic (exact) mass is 1440 g/mol. The number of pyridine rings is 3. The summed E-state index contributed by atoms with van der Waals surface area (Å²) in [6, 6.07) is 7.61. The van der Waals surface area contributed by atoms with Crippen LogP contribution in [0.15, 0.2) is 42.9 Å². The van der Waals surface area contributed by atoms with Crippen molar-refractivity contribution < 1.29 is 32.9 Å². The lowest BCUT2D eigenvalue weighted by Crippen LogP contribution is -2.47. The van der Waals surface area contributed by atoms with E-state index in [9.17, 15) is 9.90 Å². The Balaban J connectivity index is 0.000000118. The quantitative estimate of drug-likeness (QED) is 0.0835. The summed E-state index contributed by atoms with van der Waals surface area (Å²) in [5.41, 5.74) is 5.51. The number of anilines is 3. The highest BCUT2D eigenvalue weighted by Gasteiger charge is 2.45. The molecule has 9 aromatic heterocycles. The minimum atomic E-state index is -1.08. The Kier molecular flexibility index (Phi) is 19.5. The lowest BCUT2D eigenvalue weighted by molar-refractivity contribution is -0.150. The maximum atomic E-state index is 16.1. The molecule has 28 heteroatoms. The van der Waals surface area contributed by atoms with Crippen LogP contribution >= 0.6 is 34.8 Å². The van der Waals surface area contributed by atoms with E-state index < -0.39 is 17.9 Å². The van der Waals surface area contributed by atoms with Crippen molar-refractivity contribution >= 4 is 91.3 Å². The van der Waals surface area contributed by atoms with Gasteiger partial charge in [-0.3, -0.25) is 15.3 Å². The number of nitrogens with zero attached hydrogens (tertiary/aromatic N) is 15. The number of aromatic nitrogens is 15. The van der Waals surface area contributed by atoms with Crippen molar-refractivity contribution in [3.63, 3.8) is 0 Å². The molecular weight excluding hydrogens is 1350 g/mol. The summed E-state index contributed by atoms with van der Waals surface area (Å²) in [4.78, 5) is 59.1. The molecule has 9 saturated carbocycles. The summed E-state index contributed by atoms with van der Waals surface area (Å²) < 4.78 is 48.4. The average Bonchev–Trinajstić information content (AvgIpc) is 0.849. The molecule has 3 saturated heterocycles. The zero-order valence-corrected chi connectivity index (χ0v) is 59.4. The number of aromatic amines is 3. The van der Waals surface area contributed by atoms with Crippen LogP contribution in [0.5, 0.6) is 0 Å². The van der Waals surface area contributed by atoms with Crippen LogP contribution in [0, 0.1) is 82.6 Å². The molecule has 12 aliphatic rings. The SMILES string of the molecule is CC1C2CCC(CC2)C1Cc1cc(N2CCOCC2)nc(-c2[nH]nc3ncc(Cl)cc23)n1.CC1C2CCC(CC2)C1Cc1nc(-c2[nH]nc3ncc(Cl)cc23)nc(N2CCOC(C(=O)O)C2)c1F.CC1C2CCC(CC2)C1Cc1nc(-c2[nH]nc3ncc(Cl)cc23)nc(N2CCOCC2)c1F. The normalized spacial score (nSPS) is 27.8. The molecule has 23 nitrogen and oxygen atoms in total. The van der Waals surface area contributed by atoms with Crippen molar-refractivity contribution in [2.24, 2.45) is 71.0 Å². The van der Waals surface area contributed by atoms with Crippen LogP contribution in [0.1, 0.15) is 115 Å². The van der Waals surface area contributed by atoms with E-state index >= 15 is 8.78 Å². The van der Waals surface area contributed by atoms with E-state index in [2.05, 4.69) is 87.2 Å². The first-order valence-electron chi connectivity index (χ1n) is 36.4. The van der Waals surface area contributed by atoms with Gasteiger partial charge in [0.25, 0.3) is 0 Å². The topological polar surface area (TPSA) is 277 Å². The molecule has 7 unspecified atom stereocenters. The summed E-state index contributed by atoms with van der Waals surface area (Å²) in [6.45, 7) is 13.1. The highest BCUT2D eigenvalue weighted by atomic mass is 35.5. The fraction of sp³-hybridized carbons (Fsp3) is 0.575. The van der Waals surface area contributed by atoms with Crippen LogP contribution in [0.2, 0.25) is 15.1 Å². The number of halogens is 5. The van der Waals surface area contributed by atoms with Crippen LogP contribution in [0.25, 0.3) is 67.7 Å². The number of nitrogens with one attached hydrogen (secondary N) is 3. The van der Waals surface area contributed by atoms with E-state index in [0.717, 1.165) is 84.4 Å². The second-order valence-corrected chi connectivity index (χ2v) is 31.0. The molecule has 9 aliphatic carbocycles. The Bertz CT molecular complexity index is 4480. The maximum absolute atomic E-state index is 16.1. The van der Waals surface area contributed by atoms with Gasteiger partial charge < -0.3 is 34.0 Å². The second-order valence-electron chi connectivity index (χ2n) is 29.7. The fourth-order valence-electron chi connectivity index (χ4n) is 18.8. The van der Waals surface area contributed by atoms with Crippen LogP contribution in [-0.2, 0) is 38.3 Å². The summed E-state index contributed by atoms with van der Waals surface area (Å²) in [7, 11) is 0. The molecule has 0 spiro atoms. The first kappa shape index (κ1) is 68.0. The first-order valence-corrected chi connectivity index (χ1v) is 37.5. The molecule has 3 aliphatic heterocycles. The number of carbonyl (C=O) groups is 1. The van der Waals surface area contributed by atoms with Crippen LogP contribution < -0.4 is 14.7 Å². The molecule has 9 aromatic rings. The first-order chi connectivity index (χ1) is 49.1. The third kappa shape index (κ3) is 13.8. The lowest BCUT2D eigenvalue weighted by atomic mass is 9.58. The standard InChI is InChI=1S/C25H28ClFN6O3.C24H28ClFN6O.C24H29ClN6O/c1-12-13-2-4-14(5-3-13)16(12)9-18-20(27)24(33-6-7-36-19(11-33)25(34)35)30-23(29-18)21-17-8-15(26)10-28-22(17)32-31-21;1-13-14-2-4-15(5-3-14)17(13)11-19-20(26)24(32-6-8-33-9-7-32)29-23(28-19)21-18-10-16(25)12-27-22(18)31-30-21;1-14-15-2-4-16(5-3-15)19(14)11-18-12-21(31-6-8-32-9-7-31)28-24(27-18)22-20-10-17(25)13-26-23(20)30-29-22/h8,10,12-14,16,19H,2-7,9,11H2,1H3,(H,34,35)(H,28,31,32);10,12-15,17H,2-9,11H2,1H3,(H,27,30,31);10,12-16,19H,2-9,11H2,1H3,(H,26,29,30). The minimum absolute atomic E-state index is 0.00375. The van der Waals surface area contributed by atoms with Gasteiger partial charge in [-0.15, -0.1) is 0 Å². The van der Waals surface area contributed by atoms with E-state index in [-0.39, 0.29) is 24.8 Å². The Morgan fingerprint density at radius 1 is 0.485 bits per heavy atom. The summed E-state index contributed by atoms with van der Waals surface area (Å²) >= 11 is 18.6. The maximum Gasteiger partial charge on any atom is 0.334 e. The third-order valence-electron chi connectivity index (χ3n) is 24.5. The molecule has 6 bridgehead atoms. The highest BCUT2D eigenvalue weighted by Crippen LogP contribution is 2.53. The van der Waals surface area contributed by atoms with Gasteiger partial charge in [0, 0.05) is 63.1 Å². The lowest BCUT2D eigenvalue weighted by Gasteiger charge is -2.47. The van der Waals surface area contributed by atoms with Gasteiger partial charge in [0.2, 0.25) is 0 Å². The largest absolute Gasteiger partial charge is 0.479 e. The number of fused-ring (bicyclic) bond motifs is 12. The van der Waals surface area contributed by atoms with Gasteiger partial charge in [-0.2, -0.15) is 15.3 Å². The van der Waals surface area contributed by atoms with Gasteiger partial charge in [-0.05, 0) is 186 Å². The number of carboxylic acid groups (broad SMARTS) is 1. The second kappa shape index (κ2) is 29.0. The van der Waals surface area contributed by atoms with E-state index in [1.165, 1.54) is 83.2 Å². The number of aliphatic carboxylic acids is 1. The predicted molar refractivity (Wildman–Crippen MR) is 381 cm³/mol. The van der Waals surface area contributed by atoms with Crippen LogP contribution in [0.3, 0.4) is 0 Å². The molecule has 0 amide bonds.